The van der Waals surface area contributed by atoms with Crippen LogP contribution in [-0.4, -0.2) is 25.0 Å². The lowest BCUT2D eigenvalue weighted by Gasteiger charge is -1.96. The van der Waals surface area contributed by atoms with E-state index in [0.29, 0.717) is 22.8 Å². The van der Waals surface area contributed by atoms with Crippen LogP contribution in [0, 0.1) is 0 Å². The number of imidazole rings is 1. The molecule has 0 aliphatic heterocycles. The molecule has 0 aliphatic rings. The van der Waals surface area contributed by atoms with E-state index in [1.165, 1.54) is 6.33 Å². The fraction of sp³-hybridized carbons (Fsp3) is 0. The van der Waals surface area contributed by atoms with Crippen LogP contribution in [0.25, 0.3) is 22.6 Å². The number of hydrogen-bond acceptors (Lipinski definition) is 5. The Labute approximate surface area is 96.2 Å². The van der Waals surface area contributed by atoms with Crippen LogP contribution in [0.2, 0.25) is 0 Å². The van der Waals surface area contributed by atoms with E-state index in [2.05, 4.69) is 19.9 Å². The summed E-state index contributed by atoms with van der Waals surface area (Å²) in [5, 5.41) is 9.41. The van der Waals surface area contributed by atoms with Crippen molar-refractivity contribution in [1.82, 2.24) is 19.9 Å². The smallest absolute Gasteiger partial charge is 0.183 e. The first-order valence-corrected chi connectivity index (χ1v) is 4.99. The van der Waals surface area contributed by atoms with Gasteiger partial charge < -0.3 is 15.8 Å². The Morgan fingerprint density at radius 1 is 1.24 bits per heavy atom. The number of aromatic hydroxyl groups is 1. The molecule has 3 rings (SSSR count). The van der Waals surface area contributed by atoms with Crippen molar-refractivity contribution in [3.8, 4) is 17.1 Å². The summed E-state index contributed by atoms with van der Waals surface area (Å²) in [5.41, 5.74) is 7.58. The molecule has 17 heavy (non-hydrogen) atoms. The highest BCUT2D eigenvalue weighted by molar-refractivity contribution is 5.84. The van der Waals surface area contributed by atoms with Crippen LogP contribution in [0.4, 0.5) is 5.82 Å². The highest BCUT2D eigenvalue weighted by atomic mass is 16.3. The Kier molecular flexibility index (Phi) is 1.94. The zero-order chi connectivity index (χ0) is 11.8. The summed E-state index contributed by atoms with van der Waals surface area (Å²) in [4.78, 5) is 15.2. The number of H-pyrrole nitrogens is 1. The SMILES string of the molecule is Nc1ncnc2nc(-c3cccc(O)c3)[nH]c12. The van der Waals surface area contributed by atoms with Gasteiger partial charge in [-0.15, -0.1) is 0 Å². The number of phenols is 1. The molecule has 0 bridgehead atoms. The maximum Gasteiger partial charge on any atom is 0.183 e. The van der Waals surface area contributed by atoms with Crippen molar-refractivity contribution in [2.45, 2.75) is 0 Å². The molecule has 84 valence electrons. The van der Waals surface area contributed by atoms with Gasteiger partial charge in [0.15, 0.2) is 11.5 Å². The first-order chi connectivity index (χ1) is 8.24. The fourth-order valence-electron chi connectivity index (χ4n) is 1.64. The molecule has 0 atom stereocenters. The van der Waals surface area contributed by atoms with E-state index in [4.69, 9.17) is 5.73 Å². The van der Waals surface area contributed by atoms with Gasteiger partial charge >= 0.3 is 0 Å². The molecule has 0 unspecified atom stereocenters. The number of aromatic amines is 1. The van der Waals surface area contributed by atoms with Gasteiger partial charge in [-0.25, -0.2) is 15.0 Å². The summed E-state index contributed by atoms with van der Waals surface area (Å²) in [5.74, 6) is 1.14. The zero-order valence-corrected chi connectivity index (χ0v) is 8.75. The third kappa shape index (κ3) is 1.55. The van der Waals surface area contributed by atoms with Crippen LogP contribution in [-0.2, 0) is 0 Å². The molecular weight excluding hydrogens is 218 g/mol. The highest BCUT2D eigenvalue weighted by Crippen LogP contribution is 2.23. The van der Waals surface area contributed by atoms with E-state index < -0.39 is 0 Å². The number of phenolic OH excluding ortho intramolecular Hbond substituents is 1. The normalized spacial score (nSPS) is 10.8. The van der Waals surface area contributed by atoms with Crippen LogP contribution < -0.4 is 5.73 Å². The van der Waals surface area contributed by atoms with Gasteiger partial charge in [0, 0.05) is 5.56 Å². The number of nitrogens with zero attached hydrogens (tertiary/aromatic N) is 3. The van der Waals surface area contributed by atoms with Crippen LogP contribution in [0.5, 0.6) is 5.75 Å². The van der Waals surface area contributed by atoms with Crippen molar-refractivity contribution in [2.24, 2.45) is 0 Å². The monoisotopic (exact) mass is 227 g/mol. The average Bonchev–Trinajstić information content (AvgIpc) is 2.74. The summed E-state index contributed by atoms with van der Waals surface area (Å²) < 4.78 is 0. The van der Waals surface area contributed by atoms with Crippen molar-refractivity contribution in [1.29, 1.82) is 0 Å². The van der Waals surface area contributed by atoms with Gasteiger partial charge in [0.2, 0.25) is 0 Å². The molecule has 3 aromatic rings. The molecule has 0 amide bonds. The summed E-state index contributed by atoms with van der Waals surface area (Å²) in [7, 11) is 0. The Bertz CT molecular complexity index is 691. The number of nitrogens with one attached hydrogen (secondary N) is 1. The summed E-state index contributed by atoms with van der Waals surface area (Å²) in [6.45, 7) is 0. The van der Waals surface area contributed by atoms with Gasteiger partial charge in [-0.05, 0) is 12.1 Å². The second-order valence-corrected chi connectivity index (χ2v) is 3.59. The van der Waals surface area contributed by atoms with Gasteiger partial charge in [-0.3, -0.25) is 0 Å². The standard InChI is InChI=1S/C11H9N5O/c12-9-8-11(14-5-13-9)16-10(15-8)6-2-1-3-7(17)4-6/h1-5,17H,(H3,12,13,14,15,16). The minimum Gasteiger partial charge on any atom is -0.508 e. The average molecular weight is 227 g/mol. The number of aromatic nitrogens is 4. The topological polar surface area (TPSA) is 101 Å². The van der Waals surface area contributed by atoms with E-state index in [9.17, 15) is 5.11 Å². The van der Waals surface area contributed by atoms with Crippen LogP contribution >= 0.6 is 0 Å². The second kappa shape index (κ2) is 3.44. The lowest BCUT2D eigenvalue weighted by atomic mass is 10.2. The lowest BCUT2D eigenvalue weighted by Crippen LogP contribution is -1.91. The van der Waals surface area contributed by atoms with Gasteiger partial charge in [0.1, 0.15) is 23.4 Å². The molecule has 0 saturated heterocycles. The predicted octanol–water partition coefficient (Wildman–Crippen LogP) is 1.31. The molecular formula is C11H9N5O. The molecule has 6 nitrogen and oxygen atoms in total. The van der Waals surface area contributed by atoms with Crippen molar-refractivity contribution < 1.29 is 5.11 Å². The minimum absolute atomic E-state index is 0.182. The summed E-state index contributed by atoms with van der Waals surface area (Å²) >= 11 is 0. The molecule has 0 aliphatic carbocycles. The number of rotatable bonds is 1. The van der Waals surface area contributed by atoms with E-state index in [0.717, 1.165) is 5.56 Å². The van der Waals surface area contributed by atoms with Gasteiger partial charge in [-0.2, -0.15) is 0 Å². The van der Waals surface area contributed by atoms with E-state index in [1.54, 1.807) is 18.2 Å². The first kappa shape index (κ1) is 9.59. The lowest BCUT2D eigenvalue weighted by molar-refractivity contribution is 0.475. The summed E-state index contributed by atoms with van der Waals surface area (Å²) in [6, 6.07) is 6.79. The van der Waals surface area contributed by atoms with Crippen molar-refractivity contribution in [3.05, 3.63) is 30.6 Å². The van der Waals surface area contributed by atoms with Crippen LogP contribution in [0.15, 0.2) is 30.6 Å². The molecule has 0 radical (unpaired) electrons. The maximum atomic E-state index is 9.41. The zero-order valence-electron chi connectivity index (χ0n) is 8.75. The molecule has 0 fully saturated rings. The number of benzene rings is 1. The first-order valence-electron chi connectivity index (χ1n) is 4.99. The number of hydrogen-bond donors (Lipinski definition) is 3. The number of nitrogen functional groups attached to an aromatic ring is 1. The largest absolute Gasteiger partial charge is 0.508 e. The molecule has 2 aromatic heterocycles. The fourth-order valence-corrected chi connectivity index (χ4v) is 1.64. The number of nitrogens with two attached hydrogens (primary N) is 1. The molecule has 0 spiro atoms. The molecule has 6 heteroatoms. The van der Waals surface area contributed by atoms with Crippen LogP contribution in [0.1, 0.15) is 0 Å². The van der Waals surface area contributed by atoms with E-state index in [1.807, 2.05) is 6.07 Å². The Hall–Kier alpha value is -2.63. The summed E-state index contributed by atoms with van der Waals surface area (Å²) in [6.07, 6.45) is 1.37. The van der Waals surface area contributed by atoms with Gasteiger partial charge in [0.05, 0.1) is 0 Å². The quantitative estimate of drug-likeness (QED) is 0.581. The van der Waals surface area contributed by atoms with Gasteiger partial charge in [-0.1, -0.05) is 12.1 Å². The predicted molar refractivity (Wildman–Crippen MR) is 63.2 cm³/mol. The maximum absolute atomic E-state index is 9.41. The molecule has 0 saturated carbocycles. The third-order valence-electron chi connectivity index (χ3n) is 2.44. The van der Waals surface area contributed by atoms with Gasteiger partial charge in [0.25, 0.3) is 0 Å². The Morgan fingerprint density at radius 2 is 2.12 bits per heavy atom. The third-order valence-corrected chi connectivity index (χ3v) is 2.44. The van der Waals surface area contributed by atoms with Crippen molar-refractivity contribution in [3.63, 3.8) is 0 Å². The molecule has 1 aromatic carbocycles. The Morgan fingerprint density at radius 3 is 2.88 bits per heavy atom. The van der Waals surface area contributed by atoms with Crippen molar-refractivity contribution in [2.75, 3.05) is 5.73 Å². The van der Waals surface area contributed by atoms with E-state index in [-0.39, 0.29) is 5.75 Å². The molecule has 4 N–H and O–H groups in total. The van der Waals surface area contributed by atoms with Crippen molar-refractivity contribution >= 4 is 17.0 Å². The van der Waals surface area contributed by atoms with Crippen LogP contribution in [0.3, 0.4) is 0 Å². The number of anilines is 1. The molecule has 2 heterocycles. The van der Waals surface area contributed by atoms with E-state index >= 15 is 0 Å². The highest BCUT2D eigenvalue weighted by Gasteiger charge is 2.09. The Balaban J connectivity index is 2.22. The minimum atomic E-state index is 0.182. The second-order valence-electron chi connectivity index (χ2n) is 3.59. The number of fused-ring (bicyclic) bond motifs is 1.